The van der Waals surface area contributed by atoms with Gasteiger partial charge in [-0.25, -0.2) is 24.9 Å². The molecular weight excluding hydrogens is 1600 g/mol. The van der Waals surface area contributed by atoms with Crippen LogP contribution >= 0.6 is 11.6 Å². The van der Waals surface area contributed by atoms with E-state index in [1.54, 1.807) is 40.8 Å². The molecule has 8 aromatic carbocycles. The van der Waals surface area contributed by atoms with Crippen molar-refractivity contribution in [3.05, 3.63) is 336 Å². The smallest absolute Gasteiger partial charge is 0.218 e. The Labute approximate surface area is 730 Å². The fourth-order valence-electron chi connectivity index (χ4n) is 15.4. The van der Waals surface area contributed by atoms with E-state index in [-0.39, 0.29) is 0 Å². The fourth-order valence-corrected chi connectivity index (χ4v) is 15.5. The minimum atomic E-state index is 0.504. The van der Waals surface area contributed by atoms with Gasteiger partial charge in [-0.1, -0.05) is 166 Å². The van der Waals surface area contributed by atoms with Crippen molar-refractivity contribution in [1.82, 2.24) is 63.1 Å². The molecule has 4 N–H and O–H groups in total. The summed E-state index contributed by atoms with van der Waals surface area (Å²) in [6.07, 6.45) is 7.61. The Morgan fingerprint density at radius 2 is 0.683 bits per heavy atom. The van der Waals surface area contributed by atoms with Crippen molar-refractivity contribution >= 4 is 74.5 Å². The molecule has 0 amide bonds. The number of halogens is 1. The van der Waals surface area contributed by atoms with Gasteiger partial charge >= 0.3 is 0 Å². The van der Waals surface area contributed by atoms with E-state index in [4.69, 9.17) is 68.6 Å². The molecule has 26 heteroatoms. The average Bonchev–Trinajstić information content (AvgIpc) is 1.66. The van der Waals surface area contributed by atoms with Crippen LogP contribution in [0.15, 0.2) is 298 Å². The molecule has 0 aliphatic carbocycles. The van der Waals surface area contributed by atoms with Crippen molar-refractivity contribution in [3.63, 3.8) is 0 Å². The maximum Gasteiger partial charge on any atom is 0.218 e. The van der Waals surface area contributed by atoms with Crippen molar-refractivity contribution in [3.8, 4) is 113 Å². The number of hydrogen-bond acceptors (Lipinski definition) is 21. The number of fused-ring (bicyclic) bond motifs is 4. The molecule has 126 heavy (non-hydrogen) atoms. The zero-order valence-electron chi connectivity index (χ0n) is 71.2. The maximum absolute atomic E-state index is 6.29. The monoisotopic (exact) mass is 1690 g/mol. The number of pyridine rings is 3. The van der Waals surface area contributed by atoms with Crippen LogP contribution in [-0.2, 0) is 6.54 Å². The van der Waals surface area contributed by atoms with Crippen molar-refractivity contribution in [2.75, 3.05) is 49.7 Å². The van der Waals surface area contributed by atoms with Crippen LogP contribution in [0.4, 0.5) is 40.3 Å². The second kappa shape index (κ2) is 36.3. The van der Waals surface area contributed by atoms with Crippen molar-refractivity contribution < 1.29 is 37.0 Å². The first-order chi connectivity index (χ1) is 61.4. The van der Waals surface area contributed by atoms with Crippen molar-refractivity contribution in [1.29, 1.82) is 0 Å². The van der Waals surface area contributed by atoms with E-state index in [0.717, 1.165) is 222 Å². The van der Waals surface area contributed by atoms with Crippen LogP contribution in [0.1, 0.15) is 51.4 Å². The normalized spacial score (nSPS) is 11.1. The minimum absolute atomic E-state index is 0.504. The van der Waals surface area contributed by atoms with Crippen LogP contribution in [0.2, 0.25) is 5.02 Å². The summed E-state index contributed by atoms with van der Waals surface area (Å²) in [6, 6.07) is 84.5. The summed E-state index contributed by atoms with van der Waals surface area (Å²) in [7, 11) is 6.56. The molecule has 0 aliphatic heterocycles. The number of ether oxygens (including phenoxy) is 4. The first-order valence-electron chi connectivity index (χ1n) is 40.6. The van der Waals surface area contributed by atoms with Crippen LogP contribution in [0.5, 0.6) is 23.1 Å². The number of anilines is 7. The van der Waals surface area contributed by atoms with Crippen molar-refractivity contribution in [2.45, 2.75) is 61.9 Å². The number of benzene rings is 8. The third kappa shape index (κ3) is 17.3. The molecule has 25 nitrogen and oxygen atoms in total. The van der Waals surface area contributed by atoms with Crippen LogP contribution in [0.3, 0.4) is 0 Å². The van der Waals surface area contributed by atoms with Gasteiger partial charge in [0.05, 0.1) is 56.2 Å². The van der Waals surface area contributed by atoms with E-state index in [2.05, 4.69) is 165 Å². The highest BCUT2D eigenvalue weighted by Crippen LogP contribution is 2.41. The molecule has 12 heterocycles. The summed E-state index contributed by atoms with van der Waals surface area (Å²) < 4.78 is 50.5. The predicted octanol–water partition coefficient (Wildman–Crippen LogP) is 24.0. The summed E-state index contributed by atoms with van der Waals surface area (Å²) in [4.78, 5) is 23.9. The molecule has 0 unspecified atom stereocenters. The van der Waals surface area contributed by atoms with Crippen LogP contribution < -0.4 is 40.2 Å². The molecule has 0 saturated heterocycles. The standard InChI is InChI=1S/C25H21ClN4O2.C25H23N5O3.C25H22N4O2.C25H22N4O/c1-15-23(16(2)32-29-15)17-4-6-18(7-5-17)24-25(27-20-9-11-21(31-3)12-10-20)30-14-19(26)8-13-22(30)28-24;1-15-23(16(2)33-29-15)17-5-7-18(8-6-17)24-25(27-19-9-11-20(31-3)12-10-19)30-14-26-22(32-4)13-21(30)28-24;1-16-23(17(2)31-28-16)18-7-9-19(10-8-18)24-25(29-15-5-4-6-22(29)27-24)26-20-11-13-21(30-3)14-12-20;1-17-23(18(2)30-28-17)20-11-8-12-21(15-20)24-25(26-16-19-9-4-3-5-10-19)29-14-7-6-13-22(29)27-24/h4-14,27H,1-3H3;5-14,27H,1-4H3;4-15,26H,1-3H3;3-15,26H,16H2,1-2H3. The van der Waals surface area contributed by atoms with Crippen molar-refractivity contribution in [2.24, 2.45) is 0 Å². The Bertz CT molecular complexity index is 7140. The Morgan fingerprint density at radius 3 is 1.10 bits per heavy atom. The van der Waals surface area contributed by atoms with Gasteiger partial charge < -0.3 is 58.3 Å². The summed E-state index contributed by atoms with van der Waals surface area (Å²) in [5.41, 5.74) is 26.7. The number of hydrogen-bond donors (Lipinski definition) is 4. The molecule has 0 saturated carbocycles. The maximum atomic E-state index is 6.29. The first kappa shape index (κ1) is 82.3. The lowest BCUT2D eigenvalue weighted by molar-refractivity contribution is 0.393. The Balaban J connectivity index is 0.000000119. The van der Waals surface area contributed by atoms with Gasteiger partial charge in [-0.05, 0) is 198 Å². The molecule has 0 radical (unpaired) electrons. The van der Waals surface area contributed by atoms with Gasteiger partial charge in [0.15, 0.2) is 0 Å². The molecule has 0 bridgehead atoms. The lowest BCUT2D eigenvalue weighted by atomic mass is 10.0. The fraction of sp³-hybridized carbons (Fsp3) is 0.130. The molecule has 20 rings (SSSR count). The zero-order chi connectivity index (χ0) is 87.1. The number of aromatic nitrogens is 13. The number of aryl methyl sites for hydroxylation is 8. The quantitative estimate of drug-likeness (QED) is 0.0520. The highest BCUT2D eigenvalue weighted by molar-refractivity contribution is 6.30. The Hall–Kier alpha value is -16.0. The van der Waals surface area contributed by atoms with E-state index >= 15 is 0 Å². The third-order valence-electron chi connectivity index (χ3n) is 21.6. The van der Waals surface area contributed by atoms with Gasteiger partial charge in [-0.15, -0.1) is 0 Å². The number of nitrogens with zero attached hydrogens (tertiary/aromatic N) is 13. The second-order valence-electron chi connectivity index (χ2n) is 29.8. The number of methoxy groups -OCH3 is 4. The van der Waals surface area contributed by atoms with Gasteiger partial charge in [0.25, 0.3) is 0 Å². The van der Waals surface area contributed by atoms with E-state index in [1.807, 2.05) is 222 Å². The van der Waals surface area contributed by atoms with Crippen LogP contribution in [0, 0.1) is 55.4 Å². The SMILES string of the molecule is COc1ccc(Nc2c(-c3ccc(-c4c(C)noc4C)cc3)nc3cc(OC)ncn23)cc1.COc1ccc(Nc2c(-c3ccc(-c4c(C)noc4C)cc3)nc3ccc(Cl)cn23)cc1.COc1ccc(Nc2c(-c3ccc(-c4c(C)noc4C)cc3)nc3ccccn23)cc1.Cc1noc(C)c1-c1cccc(-c2nc3ccccn3c2NCc2ccccc2)c1. The topological polar surface area (TPSA) is 271 Å². The number of rotatable bonds is 21. The Morgan fingerprint density at radius 1 is 0.317 bits per heavy atom. The second-order valence-corrected chi connectivity index (χ2v) is 30.3. The average molecular weight is 1690 g/mol. The minimum Gasteiger partial charge on any atom is -0.497 e. The van der Waals surface area contributed by atoms with Gasteiger partial charge in [0.1, 0.15) is 115 Å². The predicted molar refractivity (Wildman–Crippen MR) is 494 cm³/mol. The first-order valence-corrected chi connectivity index (χ1v) is 41.0. The summed E-state index contributed by atoms with van der Waals surface area (Å²) in [6.45, 7) is 16.3. The van der Waals surface area contributed by atoms with Gasteiger partial charge in [0, 0.05) is 92.8 Å². The van der Waals surface area contributed by atoms with E-state index in [9.17, 15) is 0 Å². The van der Waals surface area contributed by atoms with Gasteiger partial charge in [-0.3, -0.25) is 17.6 Å². The van der Waals surface area contributed by atoms with Gasteiger partial charge in [-0.2, -0.15) is 0 Å². The molecule has 0 fully saturated rings. The third-order valence-corrected chi connectivity index (χ3v) is 21.8. The summed E-state index contributed by atoms with van der Waals surface area (Å²) in [5.74, 6) is 9.67. The van der Waals surface area contributed by atoms with E-state index < -0.39 is 0 Å². The lowest BCUT2D eigenvalue weighted by Crippen LogP contribution is -2.03. The highest BCUT2D eigenvalue weighted by Gasteiger charge is 2.24. The largest absolute Gasteiger partial charge is 0.497 e. The number of imidazole rings is 4. The zero-order valence-corrected chi connectivity index (χ0v) is 72.0. The molecule has 0 aliphatic rings. The molecule has 20 aromatic rings. The molecular formula is C100H88ClN17O8. The summed E-state index contributed by atoms with van der Waals surface area (Å²) in [5, 5.41) is 31.0. The highest BCUT2D eigenvalue weighted by atomic mass is 35.5. The summed E-state index contributed by atoms with van der Waals surface area (Å²) >= 11 is 6.29. The number of nitrogens with one attached hydrogen (secondary N) is 4. The Kier molecular flexibility index (Phi) is 23.7. The lowest BCUT2D eigenvalue weighted by Gasteiger charge is -2.10. The molecule has 628 valence electrons. The van der Waals surface area contributed by atoms with Crippen LogP contribution in [0.25, 0.3) is 112 Å². The van der Waals surface area contributed by atoms with Gasteiger partial charge in [0.2, 0.25) is 5.88 Å². The van der Waals surface area contributed by atoms with E-state index in [1.165, 1.54) is 5.56 Å². The molecule has 0 atom stereocenters. The molecule has 0 spiro atoms. The van der Waals surface area contributed by atoms with E-state index in [0.29, 0.717) is 10.9 Å². The molecule has 12 aromatic heterocycles. The van der Waals surface area contributed by atoms with Crippen LogP contribution in [-0.4, -0.2) is 91.6 Å².